The molecule has 1 N–H and O–H groups in total. The summed E-state index contributed by atoms with van der Waals surface area (Å²) in [6.07, 6.45) is 0. The third-order valence-corrected chi connectivity index (χ3v) is 1.73. The van der Waals surface area contributed by atoms with E-state index in [9.17, 15) is 0 Å². The molecule has 3 heteroatoms. The van der Waals surface area contributed by atoms with E-state index in [1.165, 1.54) is 0 Å². The summed E-state index contributed by atoms with van der Waals surface area (Å²) in [5, 5.41) is 12.6. The van der Waals surface area contributed by atoms with Gasteiger partial charge in [-0.3, -0.25) is 0 Å². The molecule has 3 nitrogen and oxygen atoms in total. The van der Waals surface area contributed by atoms with Crippen LogP contribution in [0.5, 0.6) is 0 Å². The molecular weight excluding hydrogens is 166 g/mol. The molecule has 1 radical (unpaired) electrons. The Hall–Kier alpha value is -1.61. The molecule has 0 bridgehead atoms. The van der Waals surface area contributed by atoms with Crippen LogP contribution in [0, 0.1) is 6.07 Å². The van der Waals surface area contributed by atoms with Crippen LogP contribution < -0.4 is 0 Å². The second kappa shape index (κ2) is 3.41. The first kappa shape index (κ1) is 8.01. The van der Waals surface area contributed by atoms with Gasteiger partial charge in [-0.25, -0.2) is 0 Å². The average molecular weight is 174 g/mol. The highest BCUT2D eigenvalue weighted by atomic mass is 16.5. The lowest BCUT2D eigenvalue weighted by Gasteiger charge is -1.90. The van der Waals surface area contributed by atoms with Gasteiger partial charge in [0, 0.05) is 11.6 Å². The van der Waals surface area contributed by atoms with Crippen LogP contribution in [0.4, 0.5) is 0 Å². The van der Waals surface area contributed by atoms with Gasteiger partial charge in [0.15, 0.2) is 5.76 Å². The summed E-state index contributed by atoms with van der Waals surface area (Å²) < 4.78 is 4.86. The van der Waals surface area contributed by atoms with Gasteiger partial charge in [-0.15, -0.1) is 0 Å². The highest BCUT2D eigenvalue weighted by Gasteiger charge is 2.03. The molecule has 0 aliphatic heterocycles. The fourth-order valence-electron chi connectivity index (χ4n) is 1.08. The highest BCUT2D eigenvalue weighted by Crippen LogP contribution is 2.17. The SMILES string of the molecule is OCc1cc(-c2cc[c]cc2)no1. The number of aliphatic hydroxyl groups is 1. The van der Waals surface area contributed by atoms with E-state index in [-0.39, 0.29) is 6.61 Å². The Morgan fingerprint density at radius 3 is 2.77 bits per heavy atom. The maximum Gasteiger partial charge on any atom is 0.162 e. The molecule has 0 aliphatic carbocycles. The van der Waals surface area contributed by atoms with E-state index in [2.05, 4.69) is 11.2 Å². The Labute approximate surface area is 75.6 Å². The van der Waals surface area contributed by atoms with Crippen LogP contribution in [0.3, 0.4) is 0 Å². The maximum absolute atomic E-state index is 8.76. The lowest BCUT2D eigenvalue weighted by Crippen LogP contribution is -1.75. The van der Waals surface area contributed by atoms with Crippen LogP contribution in [-0.4, -0.2) is 10.3 Å². The molecule has 0 saturated carbocycles. The van der Waals surface area contributed by atoms with Gasteiger partial charge in [0.1, 0.15) is 12.3 Å². The summed E-state index contributed by atoms with van der Waals surface area (Å²) in [6.45, 7) is -0.119. The van der Waals surface area contributed by atoms with Crippen LogP contribution in [-0.2, 0) is 6.61 Å². The molecule has 2 aromatic rings. The quantitative estimate of drug-likeness (QED) is 0.752. The van der Waals surface area contributed by atoms with Crippen molar-refractivity contribution in [1.29, 1.82) is 0 Å². The zero-order valence-corrected chi connectivity index (χ0v) is 6.90. The zero-order chi connectivity index (χ0) is 9.10. The molecule has 65 valence electrons. The van der Waals surface area contributed by atoms with Gasteiger partial charge >= 0.3 is 0 Å². The first-order valence-corrected chi connectivity index (χ1v) is 3.93. The molecule has 0 amide bonds. The van der Waals surface area contributed by atoms with Crippen LogP contribution in [0.1, 0.15) is 5.76 Å². The Kier molecular flexibility index (Phi) is 2.10. The number of hydrogen-bond acceptors (Lipinski definition) is 3. The van der Waals surface area contributed by atoms with Crippen LogP contribution >= 0.6 is 0 Å². The van der Waals surface area contributed by atoms with E-state index in [4.69, 9.17) is 9.63 Å². The first-order chi connectivity index (χ1) is 6.40. The van der Waals surface area contributed by atoms with Crippen molar-refractivity contribution in [2.45, 2.75) is 6.61 Å². The Morgan fingerprint density at radius 1 is 1.38 bits per heavy atom. The predicted molar refractivity (Wildman–Crippen MR) is 46.7 cm³/mol. The number of aliphatic hydroxyl groups excluding tert-OH is 1. The number of rotatable bonds is 2. The molecule has 2 rings (SSSR count). The van der Waals surface area contributed by atoms with E-state index in [1.54, 1.807) is 6.07 Å². The van der Waals surface area contributed by atoms with Gasteiger partial charge in [0.05, 0.1) is 0 Å². The fourth-order valence-corrected chi connectivity index (χ4v) is 1.08. The highest BCUT2D eigenvalue weighted by molar-refractivity contribution is 5.58. The molecule has 0 saturated heterocycles. The molecule has 0 spiro atoms. The van der Waals surface area contributed by atoms with E-state index < -0.39 is 0 Å². The summed E-state index contributed by atoms with van der Waals surface area (Å²) in [5.74, 6) is 0.475. The minimum atomic E-state index is -0.119. The molecule has 1 aromatic carbocycles. The van der Waals surface area contributed by atoms with Crippen molar-refractivity contribution in [2.75, 3.05) is 0 Å². The van der Waals surface area contributed by atoms with Gasteiger partial charge in [-0.05, 0) is 6.07 Å². The van der Waals surface area contributed by atoms with Gasteiger partial charge in [0.2, 0.25) is 0 Å². The second-order valence-corrected chi connectivity index (χ2v) is 2.63. The number of hydrogen-bond donors (Lipinski definition) is 1. The first-order valence-electron chi connectivity index (χ1n) is 3.93. The van der Waals surface area contributed by atoms with Crippen LogP contribution in [0.25, 0.3) is 11.3 Å². The zero-order valence-electron chi connectivity index (χ0n) is 6.90. The summed E-state index contributed by atoms with van der Waals surface area (Å²) in [5.41, 5.74) is 1.69. The Bertz CT molecular complexity index is 381. The number of nitrogens with zero attached hydrogens (tertiary/aromatic N) is 1. The minimum Gasteiger partial charge on any atom is -0.388 e. The predicted octanol–water partition coefficient (Wildman–Crippen LogP) is 1.63. The van der Waals surface area contributed by atoms with E-state index in [1.807, 2.05) is 24.3 Å². The summed E-state index contributed by atoms with van der Waals surface area (Å²) in [7, 11) is 0. The standard InChI is InChI=1S/C10H8NO2/c12-7-9-6-10(11-13-9)8-4-2-1-3-5-8/h2-6,12H,7H2. The van der Waals surface area contributed by atoms with E-state index in [0.29, 0.717) is 5.76 Å². The molecule has 0 atom stereocenters. The third-order valence-electron chi connectivity index (χ3n) is 1.73. The molecular formula is C10H8NO2. The fraction of sp³-hybridized carbons (Fsp3) is 0.100. The van der Waals surface area contributed by atoms with Gasteiger partial charge < -0.3 is 9.63 Å². The molecule has 0 aliphatic rings. The molecule has 0 unspecified atom stereocenters. The Morgan fingerprint density at radius 2 is 2.15 bits per heavy atom. The van der Waals surface area contributed by atoms with Crippen LogP contribution in [0.15, 0.2) is 34.9 Å². The summed E-state index contributed by atoms with van der Waals surface area (Å²) in [4.78, 5) is 0. The Balaban J connectivity index is 2.36. The monoisotopic (exact) mass is 174 g/mol. The van der Waals surface area contributed by atoms with Crippen molar-refractivity contribution in [3.05, 3.63) is 42.2 Å². The summed E-state index contributed by atoms with van der Waals surface area (Å²) >= 11 is 0. The van der Waals surface area contributed by atoms with Crippen molar-refractivity contribution in [1.82, 2.24) is 5.16 Å². The average Bonchev–Trinajstić information content (AvgIpc) is 2.67. The van der Waals surface area contributed by atoms with Gasteiger partial charge in [-0.2, -0.15) is 0 Å². The van der Waals surface area contributed by atoms with E-state index >= 15 is 0 Å². The van der Waals surface area contributed by atoms with Crippen molar-refractivity contribution in [3.63, 3.8) is 0 Å². The molecule has 13 heavy (non-hydrogen) atoms. The van der Waals surface area contributed by atoms with Crippen LogP contribution in [0.2, 0.25) is 0 Å². The number of benzene rings is 1. The lowest BCUT2D eigenvalue weighted by molar-refractivity contribution is 0.229. The third kappa shape index (κ3) is 1.60. The van der Waals surface area contributed by atoms with Crippen molar-refractivity contribution < 1.29 is 9.63 Å². The largest absolute Gasteiger partial charge is 0.388 e. The maximum atomic E-state index is 8.76. The number of aromatic nitrogens is 1. The molecule has 0 fully saturated rings. The molecule has 1 aromatic heterocycles. The van der Waals surface area contributed by atoms with E-state index in [0.717, 1.165) is 11.3 Å². The summed E-state index contributed by atoms with van der Waals surface area (Å²) in [6, 6.07) is 12.0. The van der Waals surface area contributed by atoms with Crippen molar-refractivity contribution in [2.24, 2.45) is 0 Å². The smallest absolute Gasteiger partial charge is 0.162 e. The second-order valence-electron chi connectivity index (χ2n) is 2.63. The molecule has 1 heterocycles. The van der Waals surface area contributed by atoms with Gasteiger partial charge in [-0.1, -0.05) is 29.4 Å². The minimum absolute atomic E-state index is 0.119. The normalized spacial score (nSPS) is 10.2. The van der Waals surface area contributed by atoms with Crippen molar-refractivity contribution >= 4 is 0 Å². The van der Waals surface area contributed by atoms with Crippen molar-refractivity contribution in [3.8, 4) is 11.3 Å². The topological polar surface area (TPSA) is 46.3 Å². The van der Waals surface area contributed by atoms with Gasteiger partial charge in [0.25, 0.3) is 0 Å². The lowest BCUT2D eigenvalue weighted by atomic mass is 10.1.